The van der Waals surface area contributed by atoms with Crippen molar-refractivity contribution < 1.29 is 17.6 Å². The summed E-state index contributed by atoms with van der Waals surface area (Å²) in [6.45, 7) is 2.48. The van der Waals surface area contributed by atoms with Crippen LogP contribution in [-0.2, 0) is 12.6 Å². The molecule has 1 unspecified atom stereocenters. The molecule has 25 heavy (non-hydrogen) atoms. The van der Waals surface area contributed by atoms with Crippen molar-refractivity contribution in [3.63, 3.8) is 0 Å². The first-order valence-electron chi connectivity index (χ1n) is 8.24. The first-order chi connectivity index (χ1) is 11.7. The second-order valence-electron chi connectivity index (χ2n) is 6.67. The average molecular weight is 353 g/mol. The summed E-state index contributed by atoms with van der Waals surface area (Å²) in [5.41, 5.74) is 0.956. The number of halogens is 4. The molecule has 1 atom stereocenters. The summed E-state index contributed by atoms with van der Waals surface area (Å²) in [6, 6.07) is 10.4. The molecule has 0 radical (unpaired) electrons. The lowest BCUT2D eigenvalue weighted by molar-refractivity contribution is -0.138. The molecule has 0 bridgehead atoms. The Kier molecular flexibility index (Phi) is 6.22. The van der Waals surface area contributed by atoms with E-state index in [-0.39, 0.29) is 17.8 Å². The predicted octanol–water partition coefficient (Wildman–Crippen LogP) is 5.43. The van der Waals surface area contributed by atoms with E-state index >= 15 is 0 Å². The van der Waals surface area contributed by atoms with Crippen molar-refractivity contribution in [2.24, 2.45) is 0 Å². The van der Waals surface area contributed by atoms with Crippen LogP contribution in [0.1, 0.15) is 34.6 Å². The minimum atomic E-state index is -4.42. The minimum Gasteiger partial charge on any atom is -0.309 e. The highest BCUT2D eigenvalue weighted by molar-refractivity contribution is 5.35. The van der Waals surface area contributed by atoms with E-state index in [4.69, 9.17) is 0 Å². The molecule has 0 spiro atoms. The zero-order valence-corrected chi connectivity index (χ0v) is 14.7. The molecular weight excluding hydrogens is 330 g/mol. The normalized spacial score (nSPS) is 13.3. The lowest BCUT2D eigenvalue weighted by atomic mass is 9.85. The Labute approximate surface area is 146 Å². The third-order valence-electron chi connectivity index (χ3n) is 4.30. The van der Waals surface area contributed by atoms with Crippen LogP contribution in [0.2, 0.25) is 0 Å². The van der Waals surface area contributed by atoms with E-state index in [1.165, 1.54) is 18.2 Å². The number of alkyl halides is 3. The smallest absolute Gasteiger partial charge is 0.309 e. The lowest BCUT2D eigenvalue weighted by Gasteiger charge is -2.24. The maximum atomic E-state index is 14.1. The van der Waals surface area contributed by atoms with E-state index in [0.717, 1.165) is 11.6 Å². The Morgan fingerprint density at radius 1 is 1.04 bits per heavy atom. The molecule has 0 fully saturated rings. The highest BCUT2D eigenvalue weighted by Crippen LogP contribution is 2.37. The van der Waals surface area contributed by atoms with Crippen molar-refractivity contribution in [2.75, 3.05) is 20.6 Å². The van der Waals surface area contributed by atoms with Gasteiger partial charge in [0.1, 0.15) is 5.82 Å². The molecule has 0 amide bonds. The molecule has 0 aliphatic rings. The molecule has 0 aliphatic carbocycles. The first kappa shape index (κ1) is 19.4. The molecule has 2 rings (SSSR count). The Hall–Kier alpha value is -1.88. The molecular formula is C20H23F4N. The summed E-state index contributed by atoms with van der Waals surface area (Å²) in [5, 5.41) is 0. The highest BCUT2D eigenvalue weighted by atomic mass is 19.4. The summed E-state index contributed by atoms with van der Waals surface area (Å²) >= 11 is 0. The Morgan fingerprint density at radius 3 is 2.36 bits per heavy atom. The van der Waals surface area contributed by atoms with Crippen LogP contribution in [0.15, 0.2) is 42.5 Å². The van der Waals surface area contributed by atoms with Crippen LogP contribution in [0.5, 0.6) is 0 Å². The lowest BCUT2D eigenvalue weighted by Crippen LogP contribution is -2.20. The van der Waals surface area contributed by atoms with Crippen LogP contribution in [0, 0.1) is 12.7 Å². The van der Waals surface area contributed by atoms with E-state index < -0.39 is 17.7 Å². The zero-order valence-electron chi connectivity index (χ0n) is 14.7. The van der Waals surface area contributed by atoms with Crippen LogP contribution in [-0.4, -0.2) is 25.5 Å². The van der Waals surface area contributed by atoms with Gasteiger partial charge in [-0.2, -0.15) is 13.2 Å². The molecule has 0 saturated heterocycles. The highest BCUT2D eigenvalue weighted by Gasteiger charge is 2.35. The van der Waals surface area contributed by atoms with Crippen LogP contribution in [0.3, 0.4) is 0 Å². The zero-order chi connectivity index (χ0) is 18.6. The van der Waals surface area contributed by atoms with Gasteiger partial charge in [0, 0.05) is 0 Å². The third kappa shape index (κ3) is 5.30. The second kappa shape index (κ2) is 8.00. The number of benzene rings is 2. The number of rotatable bonds is 6. The van der Waals surface area contributed by atoms with Gasteiger partial charge in [-0.05, 0) is 69.6 Å². The first-order valence-corrected chi connectivity index (χ1v) is 8.24. The van der Waals surface area contributed by atoms with E-state index in [1.807, 2.05) is 25.9 Å². The van der Waals surface area contributed by atoms with Crippen molar-refractivity contribution in [1.82, 2.24) is 4.90 Å². The van der Waals surface area contributed by atoms with Crippen LogP contribution in [0.25, 0.3) is 0 Å². The maximum absolute atomic E-state index is 14.1. The van der Waals surface area contributed by atoms with Gasteiger partial charge in [0.05, 0.1) is 5.56 Å². The molecule has 2 aromatic rings. The largest absolute Gasteiger partial charge is 0.416 e. The second-order valence-corrected chi connectivity index (χ2v) is 6.67. The summed E-state index contributed by atoms with van der Waals surface area (Å²) in [6.07, 6.45) is -3.65. The van der Waals surface area contributed by atoms with Crippen molar-refractivity contribution in [1.29, 1.82) is 0 Å². The van der Waals surface area contributed by atoms with Gasteiger partial charge < -0.3 is 4.90 Å². The molecule has 2 aromatic carbocycles. The predicted molar refractivity (Wildman–Crippen MR) is 92.2 cm³/mol. The van der Waals surface area contributed by atoms with Crippen molar-refractivity contribution >= 4 is 0 Å². The van der Waals surface area contributed by atoms with Gasteiger partial charge in [-0.1, -0.05) is 35.9 Å². The van der Waals surface area contributed by atoms with E-state index in [9.17, 15) is 17.6 Å². The molecule has 136 valence electrons. The number of aryl methyl sites for hydroxylation is 1. The summed E-state index contributed by atoms with van der Waals surface area (Å²) < 4.78 is 54.4. The van der Waals surface area contributed by atoms with Crippen molar-refractivity contribution in [2.45, 2.75) is 31.9 Å². The van der Waals surface area contributed by atoms with E-state index in [1.54, 1.807) is 18.2 Å². The summed E-state index contributed by atoms with van der Waals surface area (Å²) in [4.78, 5) is 1.93. The van der Waals surface area contributed by atoms with Gasteiger partial charge in [-0.3, -0.25) is 0 Å². The molecule has 0 heterocycles. The van der Waals surface area contributed by atoms with Crippen molar-refractivity contribution in [3.8, 4) is 0 Å². The maximum Gasteiger partial charge on any atom is 0.416 e. The number of nitrogens with zero attached hydrogens (tertiary/aromatic N) is 1. The summed E-state index contributed by atoms with van der Waals surface area (Å²) in [5.74, 6) is -0.776. The molecule has 0 N–H and O–H groups in total. The fraction of sp³-hybridized carbons (Fsp3) is 0.400. The molecule has 0 aliphatic heterocycles. The minimum absolute atomic E-state index is 0.234. The molecule has 1 nitrogen and oxygen atoms in total. The third-order valence-corrected chi connectivity index (χ3v) is 4.30. The van der Waals surface area contributed by atoms with Gasteiger partial charge in [-0.15, -0.1) is 0 Å². The quantitative estimate of drug-likeness (QED) is 0.626. The Morgan fingerprint density at radius 2 is 1.72 bits per heavy atom. The van der Waals surface area contributed by atoms with Gasteiger partial charge in [0.15, 0.2) is 0 Å². The topological polar surface area (TPSA) is 3.24 Å². The standard InChI is InChI=1S/C20H23F4N/c1-14-8-9-19(21)16(12-14)13-15(10-11-25(2)3)17-6-4-5-7-18(17)20(22,23)24/h4-9,12,15H,10-11,13H2,1-3H3. The van der Waals surface area contributed by atoms with Crippen LogP contribution < -0.4 is 0 Å². The van der Waals surface area contributed by atoms with Gasteiger partial charge >= 0.3 is 6.18 Å². The van der Waals surface area contributed by atoms with Gasteiger partial charge in [0.2, 0.25) is 0 Å². The Bertz CT molecular complexity index is 707. The van der Waals surface area contributed by atoms with Crippen molar-refractivity contribution in [3.05, 3.63) is 70.5 Å². The summed E-state index contributed by atoms with van der Waals surface area (Å²) in [7, 11) is 3.75. The molecule has 0 saturated carbocycles. The van der Waals surface area contributed by atoms with Crippen LogP contribution in [0.4, 0.5) is 17.6 Å². The van der Waals surface area contributed by atoms with E-state index in [0.29, 0.717) is 18.5 Å². The number of hydrogen-bond acceptors (Lipinski definition) is 1. The SMILES string of the molecule is Cc1ccc(F)c(CC(CCN(C)C)c2ccccc2C(F)(F)F)c1. The molecule has 0 aromatic heterocycles. The molecule has 5 heteroatoms. The van der Waals surface area contributed by atoms with Gasteiger partial charge in [-0.25, -0.2) is 4.39 Å². The monoisotopic (exact) mass is 353 g/mol. The number of hydrogen-bond donors (Lipinski definition) is 0. The van der Waals surface area contributed by atoms with Gasteiger partial charge in [0.25, 0.3) is 0 Å². The fourth-order valence-corrected chi connectivity index (χ4v) is 3.02. The van der Waals surface area contributed by atoms with E-state index in [2.05, 4.69) is 0 Å². The fourth-order valence-electron chi connectivity index (χ4n) is 3.02. The Balaban J connectivity index is 2.42. The van der Waals surface area contributed by atoms with Crippen LogP contribution >= 0.6 is 0 Å². The average Bonchev–Trinajstić information content (AvgIpc) is 2.53.